The number of hydrogen-bond donors (Lipinski definition) is 1. The van der Waals surface area contributed by atoms with Gasteiger partial charge in [0.25, 0.3) is 5.91 Å². The lowest BCUT2D eigenvalue weighted by atomic mass is 10.0. The zero-order chi connectivity index (χ0) is 22.7. The third kappa shape index (κ3) is 4.41. The number of hydrogen-bond acceptors (Lipinski definition) is 4. The maximum Gasteiger partial charge on any atom is 0.255 e. The highest BCUT2D eigenvalue weighted by Gasteiger charge is 2.34. The maximum absolute atomic E-state index is 13.2. The van der Waals surface area contributed by atoms with E-state index in [1.807, 2.05) is 36.4 Å². The number of fused-ring (bicyclic) bond motifs is 1. The Morgan fingerprint density at radius 2 is 1.75 bits per heavy atom. The van der Waals surface area contributed by atoms with Gasteiger partial charge in [-0.1, -0.05) is 35.9 Å². The number of carbonyl (C=O) groups excluding carboxylic acids is 2. The second kappa shape index (κ2) is 9.32. The number of carbonyl (C=O) groups is 2. The van der Waals surface area contributed by atoms with Crippen LogP contribution in [0.25, 0.3) is 0 Å². The number of nitrogens with one attached hydrogen (secondary N) is 1. The Bertz CT molecular complexity index is 1150. The monoisotopic (exact) mass is 450 g/mol. The van der Waals surface area contributed by atoms with Gasteiger partial charge in [-0.05, 0) is 53.6 Å². The van der Waals surface area contributed by atoms with Gasteiger partial charge in [0.15, 0.2) is 11.5 Å². The van der Waals surface area contributed by atoms with Crippen LogP contribution in [0.3, 0.4) is 0 Å². The quantitative estimate of drug-likeness (QED) is 0.544. The van der Waals surface area contributed by atoms with E-state index >= 15 is 0 Å². The van der Waals surface area contributed by atoms with Crippen LogP contribution < -0.4 is 14.8 Å². The van der Waals surface area contributed by atoms with Gasteiger partial charge >= 0.3 is 0 Å². The summed E-state index contributed by atoms with van der Waals surface area (Å²) in [4.78, 5) is 27.9. The molecule has 2 amide bonds. The molecule has 1 unspecified atom stereocenters. The molecule has 3 aromatic rings. The summed E-state index contributed by atoms with van der Waals surface area (Å²) in [5.41, 5.74) is 3.04. The summed E-state index contributed by atoms with van der Waals surface area (Å²) in [7, 11) is 3.12. The number of nitrogens with zero attached hydrogens (tertiary/aromatic N) is 1. The molecule has 4 rings (SSSR count). The van der Waals surface area contributed by atoms with E-state index in [2.05, 4.69) is 5.32 Å². The van der Waals surface area contributed by atoms with E-state index in [0.29, 0.717) is 34.3 Å². The summed E-state index contributed by atoms with van der Waals surface area (Å²) in [6, 6.07) is 19.4. The van der Waals surface area contributed by atoms with Crippen molar-refractivity contribution in [2.45, 2.75) is 19.0 Å². The van der Waals surface area contributed by atoms with E-state index in [-0.39, 0.29) is 18.2 Å². The highest BCUT2D eigenvalue weighted by Crippen LogP contribution is 2.37. The molecule has 0 bridgehead atoms. The zero-order valence-corrected chi connectivity index (χ0v) is 18.6. The molecule has 0 fully saturated rings. The largest absolute Gasteiger partial charge is 0.493 e. The molecule has 0 spiro atoms. The van der Waals surface area contributed by atoms with Crippen molar-refractivity contribution < 1.29 is 19.1 Å². The number of methoxy groups -OCH3 is 2. The van der Waals surface area contributed by atoms with Crippen LogP contribution in [0.5, 0.6) is 11.5 Å². The van der Waals surface area contributed by atoms with Crippen LogP contribution in [0.1, 0.15) is 33.9 Å². The summed E-state index contributed by atoms with van der Waals surface area (Å²) < 4.78 is 10.8. The van der Waals surface area contributed by atoms with Crippen LogP contribution in [-0.4, -0.2) is 30.9 Å². The van der Waals surface area contributed by atoms with E-state index in [1.54, 1.807) is 49.5 Å². The molecule has 0 aromatic heterocycles. The van der Waals surface area contributed by atoms with Gasteiger partial charge in [-0.2, -0.15) is 0 Å². The molecule has 7 heteroatoms. The van der Waals surface area contributed by atoms with Crippen molar-refractivity contribution in [2.75, 3.05) is 19.5 Å². The van der Waals surface area contributed by atoms with Crippen molar-refractivity contribution in [2.24, 2.45) is 0 Å². The number of benzene rings is 3. The van der Waals surface area contributed by atoms with Crippen LogP contribution in [0, 0.1) is 0 Å². The summed E-state index contributed by atoms with van der Waals surface area (Å²) in [6.45, 7) is 0.433. The van der Waals surface area contributed by atoms with Crippen molar-refractivity contribution in [1.29, 1.82) is 0 Å². The molecule has 0 aliphatic carbocycles. The summed E-state index contributed by atoms with van der Waals surface area (Å²) in [6.07, 6.45) is 0.0812. The molecule has 1 atom stereocenters. The predicted octanol–water partition coefficient (Wildman–Crippen LogP) is 5.08. The summed E-state index contributed by atoms with van der Waals surface area (Å²) in [5, 5.41) is 3.48. The smallest absolute Gasteiger partial charge is 0.255 e. The van der Waals surface area contributed by atoms with Gasteiger partial charge < -0.3 is 19.7 Å². The Balaban J connectivity index is 1.65. The standard InChI is InChI=1S/C25H23ClN2O4/c1-31-22-12-7-16(13-23(22)32-2)21(14-24(29)27-19-10-8-18(26)9-11-19)28-15-17-5-3-4-6-20(17)25(28)30/h3-13,21H,14-15H2,1-2H3,(H,27,29). The number of halogens is 1. The molecule has 0 saturated heterocycles. The van der Waals surface area contributed by atoms with Crippen LogP contribution in [0.4, 0.5) is 5.69 Å². The first-order valence-corrected chi connectivity index (χ1v) is 10.5. The first-order chi connectivity index (χ1) is 15.5. The molecule has 0 radical (unpaired) electrons. The summed E-state index contributed by atoms with van der Waals surface area (Å²) >= 11 is 5.93. The minimum absolute atomic E-state index is 0.0812. The molecule has 6 nitrogen and oxygen atoms in total. The topological polar surface area (TPSA) is 67.9 Å². The van der Waals surface area contributed by atoms with E-state index in [4.69, 9.17) is 21.1 Å². The molecule has 1 N–H and O–H groups in total. The average Bonchev–Trinajstić information content (AvgIpc) is 3.15. The molecule has 164 valence electrons. The molecular formula is C25H23ClN2O4. The Labute approximate surface area is 191 Å². The van der Waals surface area contributed by atoms with Crippen LogP contribution in [0.15, 0.2) is 66.7 Å². The highest BCUT2D eigenvalue weighted by molar-refractivity contribution is 6.30. The molecule has 0 saturated carbocycles. The zero-order valence-electron chi connectivity index (χ0n) is 17.8. The van der Waals surface area contributed by atoms with E-state index in [1.165, 1.54) is 0 Å². The van der Waals surface area contributed by atoms with Gasteiger partial charge in [-0.15, -0.1) is 0 Å². The lowest BCUT2D eigenvalue weighted by Gasteiger charge is -2.28. The predicted molar refractivity (Wildman–Crippen MR) is 123 cm³/mol. The number of anilines is 1. The van der Waals surface area contributed by atoms with Gasteiger partial charge in [0, 0.05) is 22.8 Å². The molecule has 1 heterocycles. The van der Waals surface area contributed by atoms with Gasteiger partial charge in [-0.3, -0.25) is 9.59 Å². The minimum Gasteiger partial charge on any atom is -0.493 e. The van der Waals surface area contributed by atoms with E-state index in [0.717, 1.165) is 11.1 Å². The maximum atomic E-state index is 13.2. The van der Waals surface area contributed by atoms with E-state index < -0.39 is 6.04 Å². The fourth-order valence-corrected chi connectivity index (χ4v) is 4.04. The third-order valence-corrected chi connectivity index (χ3v) is 5.78. The summed E-state index contributed by atoms with van der Waals surface area (Å²) in [5.74, 6) is 0.810. The Kier molecular flexibility index (Phi) is 6.32. The lowest BCUT2D eigenvalue weighted by Crippen LogP contribution is -2.32. The highest BCUT2D eigenvalue weighted by atomic mass is 35.5. The van der Waals surface area contributed by atoms with Crippen molar-refractivity contribution in [3.63, 3.8) is 0 Å². The Morgan fingerprint density at radius 3 is 2.44 bits per heavy atom. The van der Waals surface area contributed by atoms with E-state index in [9.17, 15) is 9.59 Å². The average molecular weight is 451 g/mol. The van der Waals surface area contributed by atoms with Gasteiger partial charge in [0.2, 0.25) is 5.91 Å². The minimum atomic E-state index is -0.484. The molecule has 1 aliphatic rings. The molecular weight excluding hydrogens is 428 g/mol. The first kappa shape index (κ1) is 21.7. The van der Waals surface area contributed by atoms with Crippen LogP contribution in [-0.2, 0) is 11.3 Å². The van der Waals surface area contributed by atoms with Crippen LogP contribution in [0.2, 0.25) is 5.02 Å². The Hall–Kier alpha value is -3.51. The molecule has 1 aliphatic heterocycles. The SMILES string of the molecule is COc1ccc(C(CC(=O)Nc2ccc(Cl)cc2)N2Cc3ccccc3C2=O)cc1OC. The van der Waals surface area contributed by atoms with Gasteiger partial charge in [0.1, 0.15) is 0 Å². The fraction of sp³-hybridized carbons (Fsp3) is 0.200. The fourth-order valence-electron chi connectivity index (χ4n) is 3.92. The Morgan fingerprint density at radius 1 is 1.03 bits per heavy atom. The molecule has 32 heavy (non-hydrogen) atoms. The molecule has 3 aromatic carbocycles. The van der Waals surface area contributed by atoms with Gasteiger partial charge in [-0.25, -0.2) is 0 Å². The lowest BCUT2D eigenvalue weighted by molar-refractivity contribution is -0.117. The van der Waals surface area contributed by atoms with Crippen molar-refractivity contribution in [1.82, 2.24) is 4.90 Å². The van der Waals surface area contributed by atoms with Crippen molar-refractivity contribution in [3.8, 4) is 11.5 Å². The third-order valence-electron chi connectivity index (χ3n) is 5.52. The first-order valence-electron chi connectivity index (χ1n) is 10.2. The number of rotatable bonds is 7. The normalized spacial score (nSPS) is 13.5. The van der Waals surface area contributed by atoms with Crippen LogP contribution >= 0.6 is 11.6 Å². The second-order valence-corrected chi connectivity index (χ2v) is 7.92. The number of amides is 2. The van der Waals surface area contributed by atoms with Crippen molar-refractivity contribution in [3.05, 3.63) is 88.4 Å². The second-order valence-electron chi connectivity index (χ2n) is 7.48. The van der Waals surface area contributed by atoms with Gasteiger partial charge in [0.05, 0.1) is 26.7 Å². The van der Waals surface area contributed by atoms with Crippen molar-refractivity contribution >= 4 is 29.1 Å². The number of ether oxygens (including phenoxy) is 2.